The molecular weight excluding hydrogens is 334 g/mol. The smallest absolute Gasteiger partial charge is 0.319 e. The van der Waals surface area contributed by atoms with E-state index in [2.05, 4.69) is 51.9 Å². The lowest BCUT2D eigenvalue weighted by Crippen LogP contribution is -2.30. The second-order valence-corrected chi connectivity index (χ2v) is 6.83. The van der Waals surface area contributed by atoms with Crippen LogP contribution in [0.5, 0.6) is 0 Å². The van der Waals surface area contributed by atoms with E-state index in [1.807, 2.05) is 48.5 Å². The van der Waals surface area contributed by atoms with Crippen LogP contribution < -0.4 is 15.5 Å². The molecule has 136 valence electrons. The van der Waals surface area contributed by atoms with Crippen molar-refractivity contribution in [2.45, 2.75) is 25.4 Å². The summed E-state index contributed by atoms with van der Waals surface area (Å²) < 4.78 is 0. The maximum absolute atomic E-state index is 11.9. The van der Waals surface area contributed by atoms with Gasteiger partial charge in [-0.25, -0.2) is 4.79 Å². The number of urea groups is 1. The van der Waals surface area contributed by atoms with Gasteiger partial charge in [-0.1, -0.05) is 48.5 Å². The molecule has 4 rings (SSSR count). The van der Waals surface area contributed by atoms with Crippen molar-refractivity contribution in [1.82, 2.24) is 5.32 Å². The Kier molecular flexibility index (Phi) is 5.06. The lowest BCUT2D eigenvalue weighted by Gasteiger charge is -2.25. The molecule has 4 heteroatoms. The summed E-state index contributed by atoms with van der Waals surface area (Å²) in [6.45, 7) is 0.778. The average molecular weight is 357 g/mol. The van der Waals surface area contributed by atoms with Crippen LogP contribution in [-0.2, 0) is 6.54 Å². The van der Waals surface area contributed by atoms with Crippen molar-refractivity contribution in [2.24, 2.45) is 0 Å². The number of carbonyl (C=O) groups is 1. The second-order valence-electron chi connectivity index (χ2n) is 6.83. The first kappa shape index (κ1) is 17.2. The molecule has 0 radical (unpaired) electrons. The fraction of sp³-hybridized carbons (Fsp3) is 0.174. The number of hydrogen-bond donors (Lipinski definition) is 2. The van der Waals surface area contributed by atoms with Crippen LogP contribution in [0.4, 0.5) is 21.9 Å². The van der Waals surface area contributed by atoms with E-state index in [0.717, 1.165) is 36.4 Å². The van der Waals surface area contributed by atoms with E-state index in [1.54, 1.807) is 0 Å². The van der Waals surface area contributed by atoms with Crippen molar-refractivity contribution >= 4 is 23.1 Å². The number of para-hydroxylation sites is 1. The lowest BCUT2D eigenvalue weighted by atomic mass is 10.1. The van der Waals surface area contributed by atoms with Gasteiger partial charge in [0.2, 0.25) is 0 Å². The first-order chi connectivity index (χ1) is 13.3. The molecular formula is C23H23N3O. The quantitative estimate of drug-likeness (QED) is 0.628. The van der Waals surface area contributed by atoms with Gasteiger partial charge in [0.15, 0.2) is 0 Å². The van der Waals surface area contributed by atoms with Crippen LogP contribution in [0.25, 0.3) is 0 Å². The van der Waals surface area contributed by atoms with Crippen molar-refractivity contribution in [3.8, 4) is 0 Å². The molecule has 0 heterocycles. The summed E-state index contributed by atoms with van der Waals surface area (Å²) in [6.07, 6.45) is 2.16. The number of hydrogen-bond acceptors (Lipinski definition) is 2. The summed E-state index contributed by atoms with van der Waals surface area (Å²) in [4.78, 5) is 14.2. The highest BCUT2D eigenvalue weighted by Crippen LogP contribution is 2.28. The topological polar surface area (TPSA) is 44.4 Å². The maximum atomic E-state index is 11.9. The standard InChI is InChI=1S/C23H23N3O/c27-23(24-19-11-12-19)25-20-13-15-22(16-14-20)26(21-9-5-2-6-10-21)17-18-7-3-1-4-8-18/h1-10,13-16,19H,11-12,17H2,(H2,24,25,27). The third-order valence-corrected chi connectivity index (χ3v) is 4.60. The van der Waals surface area contributed by atoms with Crippen molar-refractivity contribution in [3.05, 3.63) is 90.5 Å². The van der Waals surface area contributed by atoms with Gasteiger partial charge in [-0.2, -0.15) is 0 Å². The van der Waals surface area contributed by atoms with Gasteiger partial charge in [0.1, 0.15) is 0 Å². The number of benzene rings is 3. The van der Waals surface area contributed by atoms with Gasteiger partial charge in [-0.15, -0.1) is 0 Å². The Bertz CT molecular complexity index is 875. The monoisotopic (exact) mass is 357 g/mol. The summed E-state index contributed by atoms with van der Waals surface area (Å²) >= 11 is 0. The number of amides is 2. The predicted molar refractivity (Wildman–Crippen MR) is 110 cm³/mol. The van der Waals surface area contributed by atoms with Gasteiger partial charge in [-0.05, 0) is 54.8 Å². The number of carbonyl (C=O) groups excluding carboxylic acids is 1. The highest BCUT2D eigenvalue weighted by molar-refractivity contribution is 5.89. The molecule has 27 heavy (non-hydrogen) atoms. The summed E-state index contributed by atoms with van der Waals surface area (Å²) in [5.74, 6) is 0. The molecule has 0 unspecified atom stereocenters. The van der Waals surface area contributed by atoms with Crippen molar-refractivity contribution in [3.63, 3.8) is 0 Å². The fourth-order valence-corrected chi connectivity index (χ4v) is 3.01. The van der Waals surface area contributed by atoms with Crippen LogP contribution in [0.15, 0.2) is 84.9 Å². The van der Waals surface area contributed by atoms with E-state index >= 15 is 0 Å². The molecule has 1 fully saturated rings. The Balaban J connectivity index is 1.53. The molecule has 0 aliphatic heterocycles. The Morgan fingerprint density at radius 1 is 0.815 bits per heavy atom. The van der Waals surface area contributed by atoms with Gasteiger partial charge in [-0.3, -0.25) is 0 Å². The highest BCUT2D eigenvalue weighted by Gasteiger charge is 2.23. The first-order valence-corrected chi connectivity index (χ1v) is 9.32. The zero-order chi connectivity index (χ0) is 18.5. The van der Waals surface area contributed by atoms with E-state index in [-0.39, 0.29) is 6.03 Å². The molecule has 0 aromatic heterocycles. The van der Waals surface area contributed by atoms with Gasteiger partial charge < -0.3 is 15.5 Å². The van der Waals surface area contributed by atoms with E-state index in [4.69, 9.17) is 0 Å². The number of nitrogens with zero attached hydrogens (tertiary/aromatic N) is 1. The van der Waals surface area contributed by atoms with Crippen molar-refractivity contribution in [1.29, 1.82) is 0 Å². The maximum Gasteiger partial charge on any atom is 0.319 e. The van der Waals surface area contributed by atoms with Gasteiger partial charge in [0.05, 0.1) is 0 Å². The van der Waals surface area contributed by atoms with Crippen LogP contribution in [0.1, 0.15) is 18.4 Å². The number of nitrogens with one attached hydrogen (secondary N) is 2. The second kappa shape index (κ2) is 7.96. The average Bonchev–Trinajstić information content (AvgIpc) is 3.52. The number of rotatable bonds is 6. The Morgan fingerprint density at radius 3 is 2.04 bits per heavy atom. The lowest BCUT2D eigenvalue weighted by molar-refractivity contribution is 0.251. The summed E-state index contributed by atoms with van der Waals surface area (Å²) in [5.41, 5.74) is 4.25. The highest BCUT2D eigenvalue weighted by atomic mass is 16.2. The van der Waals surface area contributed by atoms with Crippen LogP contribution in [0, 0.1) is 0 Å². The molecule has 0 atom stereocenters. The molecule has 0 bridgehead atoms. The van der Waals surface area contributed by atoms with Crippen LogP contribution >= 0.6 is 0 Å². The van der Waals surface area contributed by atoms with Gasteiger partial charge in [0, 0.05) is 29.6 Å². The summed E-state index contributed by atoms with van der Waals surface area (Å²) in [5, 5.41) is 5.84. The molecule has 2 amide bonds. The fourth-order valence-electron chi connectivity index (χ4n) is 3.01. The molecule has 3 aromatic rings. The molecule has 2 N–H and O–H groups in total. The zero-order valence-electron chi connectivity index (χ0n) is 15.1. The van der Waals surface area contributed by atoms with Crippen molar-refractivity contribution < 1.29 is 4.79 Å². The minimum atomic E-state index is -0.130. The number of anilines is 3. The Labute approximate surface area is 159 Å². The van der Waals surface area contributed by atoms with E-state index in [9.17, 15) is 4.79 Å². The third-order valence-electron chi connectivity index (χ3n) is 4.60. The third kappa shape index (κ3) is 4.67. The molecule has 1 aliphatic rings. The van der Waals surface area contributed by atoms with Crippen LogP contribution in [-0.4, -0.2) is 12.1 Å². The van der Waals surface area contributed by atoms with E-state index < -0.39 is 0 Å². The molecule has 0 saturated heterocycles. The first-order valence-electron chi connectivity index (χ1n) is 9.32. The molecule has 0 spiro atoms. The van der Waals surface area contributed by atoms with Crippen molar-refractivity contribution in [2.75, 3.05) is 10.2 Å². The van der Waals surface area contributed by atoms with Gasteiger partial charge >= 0.3 is 6.03 Å². The zero-order valence-corrected chi connectivity index (χ0v) is 15.1. The molecule has 3 aromatic carbocycles. The van der Waals surface area contributed by atoms with Crippen LogP contribution in [0.2, 0.25) is 0 Å². The minimum Gasteiger partial charge on any atom is -0.337 e. The molecule has 1 aliphatic carbocycles. The normalized spacial score (nSPS) is 13.0. The van der Waals surface area contributed by atoms with E-state index in [1.165, 1.54) is 5.56 Å². The summed E-state index contributed by atoms with van der Waals surface area (Å²) in [6, 6.07) is 29.0. The minimum absolute atomic E-state index is 0.130. The largest absolute Gasteiger partial charge is 0.337 e. The SMILES string of the molecule is O=C(Nc1ccc(N(Cc2ccccc2)c2ccccc2)cc1)NC1CC1. The van der Waals surface area contributed by atoms with Crippen LogP contribution in [0.3, 0.4) is 0 Å². The molecule has 1 saturated carbocycles. The summed E-state index contributed by atoms with van der Waals surface area (Å²) in [7, 11) is 0. The predicted octanol–water partition coefficient (Wildman–Crippen LogP) is 5.31. The van der Waals surface area contributed by atoms with E-state index in [0.29, 0.717) is 6.04 Å². The Morgan fingerprint density at radius 2 is 1.41 bits per heavy atom. The Hall–Kier alpha value is -3.27. The van der Waals surface area contributed by atoms with Gasteiger partial charge in [0.25, 0.3) is 0 Å². The molecule has 4 nitrogen and oxygen atoms in total.